The lowest BCUT2D eigenvalue weighted by atomic mass is 9.86. The topological polar surface area (TPSA) is 57.7 Å². The summed E-state index contributed by atoms with van der Waals surface area (Å²) in [5.74, 6) is 1.86. The summed E-state index contributed by atoms with van der Waals surface area (Å²) >= 11 is 0. The Morgan fingerprint density at radius 3 is 2.60 bits per heavy atom. The van der Waals surface area contributed by atoms with Crippen LogP contribution in [0.25, 0.3) is 28.4 Å². The van der Waals surface area contributed by atoms with Gasteiger partial charge in [-0.25, -0.2) is 9.97 Å². The Labute approximate surface area is 232 Å². The molecule has 5 nitrogen and oxygen atoms in total. The fourth-order valence-corrected chi connectivity index (χ4v) is 6.58. The highest BCUT2D eigenvalue weighted by molar-refractivity contribution is 5.95. The summed E-state index contributed by atoms with van der Waals surface area (Å²) in [5, 5.41) is 10.7. The van der Waals surface area contributed by atoms with E-state index in [1.54, 1.807) is 0 Å². The Bertz CT molecular complexity index is 1920. The Balaban J connectivity index is 1.38. The second-order valence-corrected chi connectivity index (χ2v) is 10.5. The number of allylic oxidation sites excluding steroid dienone is 4. The minimum absolute atomic E-state index is 0.0157. The summed E-state index contributed by atoms with van der Waals surface area (Å²) < 4.78 is 2.34. The van der Waals surface area contributed by atoms with Crippen LogP contribution in [0.1, 0.15) is 40.9 Å². The van der Waals surface area contributed by atoms with Gasteiger partial charge in [0.2, 0.25) is 0 Å². The lowest BCUT2D eigenvalue weighted by Gasteiger charge is -2.32. The molecule has 40 heavy (non-hydrogen) atoms. The molecule has 4 heterocycles. The molecule has 2 aliphatic carbocycles. The Hall–Kier alpha value is -5.21. The summed E-state index contributed by atoms with van der Waals surface area (Å²) in [5.41, 5.74) is 7.92. The van der Waals surface area contributed by atoms with Crippen LogP contribution in [0.2, 0.25) is 0 Å². The highest BCUT2D eigenvalue weighted by atomic mass is 15.3. The zero-order chi connectivity index (χ0) is 26.6. The van der Waals surface area contributed by atoms with E-state index in [1.165, 1.54) is 27.9 Å². The maximum atomic E-state index is 9.52. The second kappa shape index (κ2) is 8.93. The highest BCUT2D eigenvalue weighted by Crippen LogP contribution is 2.56. The van der Waals surface area contributed by atoms with Gasteiger partial charge < -0.3 is 4.90 Å². The van der Waals surface area contributed by atoms with E-state index in [2.05, 4.69) is 113 Å². The number of pyridine rings is 2. The van der Waals surface area contributed by atoms with Crippen LogP contribution in [0.5, 0.6) is 0 Å². The van der Waals surface area contributed by atoms with Crippen LogP contribution in [0, 0.1) is 17.2 Å². The highest BCUT2D eigenvalue weighted by Gasteiger charge is 2.44. The smallest absolute Gasteiger partial charge is 0.138 e. The largest absolute Gasteiger partial charge is 0.316 e. The monoisotopic (exact) mass is 515 g/mol. The molecule has 3 aliphatic rings. The molecule has 0 amide bonds. The average Bonchev–Trinajstić information content (AvgIpc) is 3.55. The van der Waals surface area contributed by atoms with Crippen molar-refractivity contribution in [3.63, 3.8) is 0 Å². The maximum Gasteiger partial charge on any atom is 0.138 e. The van der Waals surface area contributed by atoms with Crippen LogP contribution < -0.4 is 4.90 Å². The van der Waals surface area contributed by atoms with Crippen molar-refractivity contribution in [2.75, 3.05) is 4.90 Å². The molecule has 0 saturated heterocycles. The number of hydrogen-bond acceptors (Lipinski definition) is 4. The number of nitrogens with zero attached hydrogens (tertiary/aromatic N) is 5. The molecule has 190 valence electrons. The van der Waals surface area contributed by atoms with Gasteiger partial charge in [0, 0.05) is 28.8 Å². The summed E-state index contributed by atoms with van der Waals surface area (Å²) in [6.45, 7) is 0. The van der Waals surface area contributed by atoms with Gasteiger partial charge in [-0.15, -0.1) is 0 Å². The van der Waals surface area contributed by atoms with Gasteiger partial charge in [0.1, 0.15) is 11.6 Å². The molecule has 0 saturated carbocycles. The van der Waals surface area contributed by atoms with Gasteiger partial charge >= 0.3 is 0 Å². The number of rotatable bonds is 3. The predicted octanol–water partition coefficient (Wildman–Crippen LogP) is 7.91. The SMILES string of the molecule is N#CC1C=C(c2cccc(-n3c4c(c5ccccc53)C=CC3c5ccccc5N(c5ccccn5)C43)n2)C=CC1. The number of fused-ring (bicyclic) bond motifs is 7. The van der Waals surface area contributed by atoms with Crippen molar-refractivity contribution in [1.29, 1.82) is 5.26 Å². The van der Waals surface area contributed by atoms with Crippen molar-refractivity contribution in [3.8, 4) is 11.9 Å². The lowest BCUT2D eigenvalue weighted by Crippen LogP contribution is -2.27. The maximum absolute atomic E-state index is 9.52. The van der Waals surface area contributed by atoms with E-state index in [9.17, 15) is 5.26 Å². The van der Waals surface area contributed by atoms with E-state index in [1.807, 2.05) is 24.4 Å². The van der Waals surface area contributed by atoms with Crippen LogP contribution in [-0.4, -0.2) is 14.5 Å². The number of anilines is 2. The molecule has 8 rings (SSSR count). The van der Waals surface area contributed by atoms with Crippen LogP contribution >= 0.6 is 0 Å². The molecule has 1 aliphatic heterocycles. The zero-order valence-electron chi connectivity index (χ0n) is 21.7. The number of hydrogen-bond donors (Lipinski definition) is 0. The van der Waals surface area contributed by atoms with Crippen molar-refractivity contribution in [2.45, 2.75) is 18.4 Å². The van der Waals surface area contributed by atoms with Crippen molar-refractivity contribution < 1.29 is 0 Å². The van der Waals surface area contributed by atoms with E-state index >= 15 is 0 Å². The molecule has 5 aromatic rings. The van der Waals surface area contributed by atoms with Crippen LogP contribution in [0.3, 0.4) is 0 Å². The summed E-state index contributed by atoms with van der Waals surface area (Å²) in [4.78, 5) is 12.4. The fourth-order valence-electron chi connectivity index (χ4n) is 6.58. The molecule has 5 heteroatoms. The fraction of sp³-hybridized carbons (Fsp3) is 0.114. The van der Waals surface area contributed by atoms with E-state index in [4.69, 9.17) is 9.97 Å². The van der Waals surface area contributed by atoms with Gasteiger partial charge in [-0.1, -0.05) is 78.9 Å². The number of nitriles is 1. The molecular weight excluding hydrogens is 490 g/mol. The van der Waals surface area contributed by atoms with E-state index in [0.717, 1.165) is 34.8 Å². The van der Waals surface area contributed by atoms with Crippen molar-refractivity contribution in [1.82, 2.24) is 14.5 Å². The van der Waals surface area contributed by atoms with Crippen LogP contribution in [0.15, 0.2) is 115 Å². The third-order valence-electron chi connectivity index (χ3n) is 8.27. The Morgan fingerprint density at radius 1 is 0.850 bits per heavy atom. The molecule has 0 N–H and O–H groups in total. The molecule has 0 spiro atoms. The predicted molar refractivity (Wildman–Crippen MR) is 159 cm³/mol. The minimum Gasteiger partial charge on any atom is -0.316 e. The van der Waals surface area contributed by atoms with Crippen molar-refractivity contribution in [3.05, 3.63) is 138 Å². The first-order valence-corrected chi connectivity index (χ1v) is 13.7. The molecule has 0 bridgehead atoms. The van der Waals surface area contributed by atoms with Crippen molar-refractivity contribution >= 4 is 34.1 Å². The van der Waals surface area contributed by atoms with Crippen molar-refractivity contribution in [2.24, 2.45) is 5.92 Å². The zero-order valence-corrected chi connectivity index (χ0v) is 21.7. The third kappa shape index (κ3) is 3.33. The minimum atomic E-state index is -0.125. The third-order valence-corrected chi connectivity index (χ3v) is 8.27. The Morgan fingerprint density at radius 2 is 1.70 bits per heavy atom. The van der Waals surface area contributed by atoms with E-state index in [0.29, 0.717) is 0 Å². The quantitative estimate of drug-likeness (QED) is 0.245. The van der Waals surface area contributed by atoms with Gasteiger partial charge in [-0.3, -0.25) is 4.57 Å². The molecular formula is C35H25N5. The summed E-state index contributed by atoms with van der Waals surface area (Å²) in [6.07, 6.45) is 13.4. The number of para-hydroxylation sites is 2. The van der Waals surface area contributed by atoms with Crippen LogP contribution in [-0.2, 0) is 0 Å². The lowest BCUT2D eigenvalue weighted by molar-refractivity contribution is 0.629. The average molecular weight is 516 g/mol. The first-order chi connectivity index (χ1) is 19.8. The van der Waals surface area contributed by atoms with Gasteiger partial charge in [0.05, 0.1) is 34.9 Å². The van der Waals surface area contributed by atoms with Gasteiger partial charge in [0.15, 0.2) is 0 Å². The first-order valence-electron chi connectivity index (χ1n) is 13.7. The first kappa shape index (κ1) is 22.7. The molecule has 3 unspecified atom stereocenters. The Kier molecular flexibility index (Phi) is 5.08. The number of benzene rings is 2. The normalized spacial score (nSPS) is 20.5. The summed E-state index contributed by atoms with van der Waals surface area (Å²) in [7, 11) is 0. The second-order valence-electron chi connectivity index (χ2n) is 10.5. The molecule has 2 aromatic carbocycles. The van der Waals surface area contributed by atoms with Crippen LogP contribution in [0.4, 0.5) is 11.5 Å². The van der Waals surface area contributed by atoms with Gasteiger partial charge in [-0.2, -0.15) is 5.26 Å². The molecule has 3 aromatic heterocycles. The standard InChI is InChI=1S/C35H25N5/c36-22-23-9-7-10-24(21-23)29-13-8-17-33(38-29)40-31-15-4-2-12-26(31)28-19-18-27-25-11-1-3-14-30(25)39(34(27)35(28)40)32-16-5-6-20-37-32/h1-8,10-21,23,27,34H,9H2. The van der Waals surface area contributed by atoms with E-state index in [-0.39, 0.29) is 17.9 Å². The number of aromatic nitrogens is 3. The van der Waals surface area contributed by atoms with E-state index < -0.39 is 0 Å². The molecule has 3 atom stereocenters. The molecule has 0 fully saturated rings. The van der Waals surface area contributed by atoms with Gasteiger partial charge in [-0.05, 0) is 54.0 Å². The van der Waals surface area contributed by atoms with Gasteiger partial charge in [0.25, 0.3) is 0 Å². The summed E-state index contributed by atoms with van der Waals surface area (Å²) in [6, 6.07) is 32.0. The molecule has 0 radical (unpaired) electrons.